The number of likely N-dealkylation sites (N-methyl/N-ethyl adjacent to an activating group) is 1. The van der Waals surface area contributed by atoms with Gasteiger partial charge in [-0.15, -0.1) is 0 Å². The topological polar surface area (TPSA) is 66.3 Å². The van der Waals surface area contributed by atoms with E-state index in [4.69, 9.17) is 0 Å². The van der Waals surface area contributed by atoms with Gasteiger partial charge in [-0.25, -0.2) is 0 Å². The molecule has 0 spiro atoms. The first kappa shape index (κ1) is 19.9. The average molecular weight is 399 g/mol. The Kier molecular flexibility index (Phi) is 5.93. The minimum atomic E-state index is -0.592. The third-order valence-electron chi connectivity index (χ3n) is 5.23. The van der Waals surface area contributed by atoms with E-state index in [2.05, 4.69) is 15.2 Å². The third kappa shape index (κ3) is 4.13. The second kappa shape index (κ2) is 8.95. The van der Waals surface area contributed by atoms with Crippen molar-refractivity contribution in [3.63, 3.8) is 0 Å². The summed E-state index contributed by atoms with van der Waals surface area (Å²) in [7, 11) is 1.83. The maximum Gasteiger partial charge on any atom is 0.255 e. The molecule has 0 unspecified atom stereocenters. The minimum Gasteiger partial charge on any atom is -0.389 e. The second-order valence-corrected chi connectivity index (χ2v) is 7.30. The van der Waals surface area contributed by atoms with Gasteiger partial charge >= 0.3 is 0 Å². The number of amides is 1. The fourth-order valence-corrected chi connectivity index (χ4v) is 3.82. The van der Waals surface area contributed by atoms with Crippen molar-refractivity contribution >= 4 is 22.5 Å². The molecule has 1 heterocycles. The molecule has 2 atom stereocenters. The van der Waals surface area contributed by atoms with E-state index in [-0.39, 0.29) is 11.9 Å². The molecule has 0 aliphatic carbocycles. The minimum absolute atomic E-state index is 0.138. The van der Waals surface area contributed by atoms with Gasteiger partial charge in [0.25, 0.3) is 5.91 Å². The van der Waals surface area contributed by atoms with Gasteiger partial charge in [-0.3, -0.25) is 4.79 Å². The normalized spacial score (nSPS) is 13.1. The number of anilines is 1. The number of aliphatic hydroxyl groups is 1. The molecule has 0 saturated carbocycles. The number of hydrogen-bond donors (Lipinski definition) is 3. The smallest absolute Gasteiger partial charge is 0.255 e. The van der Waals surface area contributed by atoms with Crippen molar-refractivity contribution in [2.24, 2.45) is 0 Å². The molecule has 0 bridgehead atoms. The fraction of sp³-hybridized carbons (Fsp3) is 0.160. The Morgan fingerprint density at radius 2 is 1.67 bits per heavy atom. The monoisotopic (exact) mass is 399 g/mol. The molecule has 152 valence electrons. The summed E-state index contributed by atoms with van der Waals surface area (Å²) in [6.07, 6.45) is 1.40. The molecule has 5 heteroatoms. The molecule has 0 aliphatic heterocycles. The van der Waals surface area contributed by atoms with Gasteiger partial charge in [-0.1, -0.05) is 48.5 Å². The van der Waals surface area contributed by atoms with E-state index in [1.165, 1.54) is 0 Å². The molecule has 0 fully saturated rings. The summed E-state index contributed by atoms with van der Waals surface area (Å²) in [6, 6.07) is 26.8. The molecule has 0 aliphatic rings. The van der Waals surface area contributed by atoms with E-state index in [1.54, 1.807) is 12.1 Å². The molecule has 0 saturated heterocycles. The first-order valence-electron chi connectivity index (χ1n) is 10.0. The van der Waals surface area contributed by atoms with Crippen LogP contribution in [0.3, 0.4) is 0 Å². The summed E-state index contributed by atoms with van der Waals surface area (Å²) >= 11 is 0. The molecule has 3 N–H and O–H groups in total. The van der Waals surface area contributed by atoms with Crippen LogP contribution in [0.15, 0.2) is 91.1 Å². The van der Waals surface area contributed by atoms with E-state index in [0.29, 0.717) is 12.1 Å². The summed E-state index contributed by atoms with van der Waals surface area (Å²) < 4.78 is 2.09. The Morgan fingerprint density at radius 3 is 2.37 bits per heavy atom. The zero-order valence-corrected chi connectivity index (χ0v) is 16.8. The Balaban J connectivity index is 1.66. The van der Waals surface area contributed by atoms with Crippen molar-refractivity contribution in [1.82, 2.24) is 9.88 Å². The predicted molar refractivity (Wildman–Crippen MR) is 121 cm³/mol. The summed E-state index contributed by atoms with van der Waals surface area (Å²) in [5.74, 6) is -0.138. The van der Waals surface area contributed by atoms with E-state index in [1.807, 2.05) is 86.0 Å². The number of aliphatic hydroxyl groups excluding tert-OH is 1. The van der Waals surface area contributed by atoms with Gasteiger partial charge < -0.3 is 20.3 Å². The van der Waals surface area contributed by atoms with Gasteiger partial charge in [0.05, 0.1) is 12.1 Å². The van der Waals surface area contributed by atoms with E-state index in [9.17, 15) is 9.90 Å². The molecular formula is C25H25N3O2. The molecule has 30 heavy (non-hydrogen) atoms. The number of nitrogens with zero attached hydrogens (tertiary/aromatic N) is 1. The number of benzene rings is 3. The van der Waals surface area contributed by atoms with Gasteiger partial charge in [0.2, 0.25) is 0 Å². The van der Waals surface area contributed by atoms with Crippen LogP contribution >= 0.6 is 0 Å². The van der Waals surface area contributed by atoms with Crippen LogP contribution in [0.2, 0.25) is 0 Å². The number of nitrogens with one attached hydrogen (secondary N) is 2. The molecule has 0 radical (unpaired) electrons. The highest BCUT2D eigenvalue weighted by Crippen LogP contribution is 2.29. The van der Waals surface area contributed by atoms with Gasteiger partial charge in [-0.2, -0.15) is 0 Å². The fourth-order valence-electron chi connectivity index (χ4n) is 3.82. The van der Waals surface area contributed by atoms with Crippen LogP contribution in [0.5, 0.6) is 0 Å². The lowest BCUT2D eigenvalue weighted by Gasteiger charge is -2.26. The Bertz CT molecular complexity index is 1120. The summed E-state index contributed by atoms with van der Waals surface area (Å²) in [5, 5.41) is 17.9. The van der Waals surface area contributed by atoms with Crippen LogP contribution in [0, 0.1) is 0 Å². The molecular weight excluding hydrogens is 374 g/mol. The number of carbonyl (C=O) groups is 1. The number of rotatable bonds is 7. The van der Waals surface area contributed by atoms with Crippen molar-refractivity contribution in [2.45, 2.75) is 12.1 Å². The van der Waals surface area contributed by atoms with Crippen LogP contribution in [0.1, 0.15) is 22.0 Å². The van der Waals surface area contributed by atoms with Gasteiger partial charge in [0.1, 0.15) is 0 Å². The van der Waals surface area contributed by atoms with Gasteiger partial charge in [0.15, 0.2) is 0 Å². The average Bonchev–Trinajstić information content (AvgIpc) is 3.18. The zero-order chi connectivity index (χ0) is 20.9. The molecule has 1 amide bonds. The number of hydrogen-bond acceptors (Lipinski definition) is 3. The lowest BCUT2D eigenvalue weighted by atomic mass is 10.0. The Hall–Kier alpha value is -3.41. The zero-order valence-electron chi connectivity index (χ0n) is 16.8. The van der Waals surface area contributed by atoms with E-state index >= 15 is 0 Å². The van der Waals surface area contributed by atoms with Crippen LogP contribution in [0.4, 0.5) is 5.69 Å². The highest BCUT2D eigenvalue weighted by molar-refractivity contribution is 6.05. The molecule has 5 nitrogen and oxygen atoms in total. The second-order valence-electron chi connectivity index (χ2n) is 7.30. The highest BCUT2D eigenvalue weighted by Gasteiger charge is 2.23. The quantitative estimate of drug-likeness (QED) is 0.439. The van der Waals surface area contributed by atoms with Crippen LogP contribution in [0.25, 0.3) is 10.9 Å². The van der Waals surface area contributed by atoms with E-state index < -0.39 is 6.10 Å². The largest absolute Gasteiger partial charge is 0.389 e. The van der Waals surface area contributed by atoms with E-state index in [0.717, 1.165) is 22.2 Å². The Labute approximate surface area is 176 Å². The first-order valence-corrected chi connectivity index (χ1v) is 10.0. The number of carbonyl (C=O) groups excluding carboxylic acids is 1. The molecule has 1 aromatic heterocycles. The number of aromatic nitrogens is 1. The lowest BCUT2D eigenvalue weighted by molar-refractivity contribution is 0.102. The van der Waals surface area contributed by atoms with Gasteiger partial charge in [0, 0.05) is 34.9 Å². The highest BCUT2D eigenvalue weighted by atomic mass is 16.3. The Morgan fingerprint density at radius 1 is 0.967 bits per heavy atom. The lowest BCUT2D eigenvalue weighted by Crippen LogP contribution is -2.33. The summed E-state index contributed by atoms with van der Waals surface area (Å²) in [6.45, 7) is 0.477. The van der Waals surface area contributed by atoms with Crippen molar-refractivity contribution < 1.29 is 9.90 Å². The van der Waals surface area contributed by atoms with Crippen LogP contribution in [-0.2, 0) is 0 Å². The van der Waals surface area contributed by atoms with Crippen molar-refractivity contribution in [3.8, 4) is 0 Å². The van der Waals surface area contributed by atoms with Crippen molar-refractivity contribution in [2.75, 3.05) is 18.9 Å². The molecule has 3 aromatic carbocycles. The third-order valence-corrected chi connectivity index (χ3v) is 5.23. The first-order chi connectivity index (χ1) is 14.7. The molecule has 4 aromatic rings. The van der Waals surface area contributed by atoms with Crippen molar-refractivity contribution in [3.05, 3.63) is 102 Å². The molecule has 4 rings (SSSR count). The van der Waals surface area contributed by atoms with Crippen LogP contribution in [-0.4, -0.2) is 35.3 Å². The number of fused-ring (bicyclic) bond motifs is 1. The maximum atomic E-state index is 12.5. The van der Waals surface area contributed by atoms with Crippen molar-refractivity contribution in [1.29, 1.82) is 0 Å². The summed E-state index contributed by atoms with van der Waals surface area (Å²) in [5.41, 5.74) is 3.39. The van der Waals surface area contributed by atoms with Crippen LogP contribution < -0.4 is 10.6 Å². The standard InChI is InChI=1S/C25H25N3O2/c1-26-17-23(29)24(18-8-4-2-5-9-18)28-15-14-20-16-21(12-13-22(20)28)27-25(30)19-10-6-3-7-11-19/h2-16,23-24,26,29H,17H2,1H3,(H,27,30)/t23-,24-/m0/s1. The van der Waals surface area contributed by atoms with Gasteiger partial charge in [-0.05, 0) is 49.0 Å². The SMILES string of the molecule is CNC[C@H](O)[C@H](c1ccccc1)n1ccc2cc(NC(=O)c3ccccc3)ccc21. The predicted octanol–water partition coefficient (Wildman–Crippen LogP) is 4.06. The maximum absolute atomic E-state index is 12.5. The summed E-state index contributed by atoms with van der Waals surface area (Å²) in [4.78, 5) is 12.5.